The monoisotopic (exact) mass is 316 g/mol. The number of halogens is 2. The van der Waals surface area contributed by atoms with Crippen LogP contribution in [0.15, 0.2) is 12.1 Å². The highest BCUT2D eigenvalue weighted by atomic mass is 35.5. The van der Waals surface area contributed by atoms with Crippen molar-refractivity contribution in [3.63, 3.8) is 0 Å². The van der Waals surface area contributed by atoms with E-state index in [2.05, 4.69) is 24.0 Å². The molecule has 0 aliphatic carbocycles. The Hall–Kier alpha value is -0.840. The molecule has 0 unspecified atom stereocenters. The van der Waals surface area contributed by atoms with E-state index in [0.29, 0.717) is 17.0 Å². The van der Waals surface area contributed by atoms with Crippen LogP contribution in [0.1, 0.15) is 35.9 Å². The molecular formula is C13H14Cl2N2OS. The number of aromatic nitrogens is 2. The lowest BCUT2D eigenvalue weighted by atomic mass is 10.0. The molecule has 0 bridgehead atoms. The molecule has 0 saturated heterocycles. The topological polar surface area (TPSA) is 35.0 Å². The normalized spacial score (nSPS) is 11.1. The molecule has 102 valence electrons. The SMILES string of the molecule is Cc1cc(Cl)c(C(C)C)cc1OCc1nnc(Cl)s1. The van der Waals surface area contributed by atoms with Crippen LogP contribution in [0.2, 0.25) is 9.49 Å². The molecule has 0 atom stereocenters. The second kappa shape index (κ2) is 6.07. The lowest BCUT2D eigenvalue weighted by Crippen LogP contribution is -1.99. The van der Waals surface area contributed by atoms with Gasteiger partial charge in [-0.25, -0.2) is 0 Å². The van der Waals surface area contributed by atoms with E-state index in [0.717, 1.165) is 26.9 Å². The van der Waals surface area contributed by atoms with E-state index in [1.54, 1.807) is 0 Å². The summed E-state index contributed by atoms with van der Waals surface area (Å²) in [5.74, 6) is 1.17. The quantitative estimate of drug-likeness (QED) is 0.808. The van der Waals surface area contributed by atoms with Crippen LogP contribution in [0.4, 0.5) is 0 Å². The van der Waals surface area contributed by atoms with Crippen molar-refractivity contribution in [3.8, 4) is 5.75 Å². The Bertz CT molecular complexity index is 584. The maximum atomic E-state index is 6.22. The molecule has 2 rings (SSSR count). The summed E-state index contributed by atoms with van der Waals surface area (Å²) < 4.78 is 6.20. The Morgan fingerprint density at radius 1 is 1.26 bits per heavy atom. The van der Waals surface area contributed by atoms with E-state index in [-0.39, 0.29) is 0 Å². The third-order valence-electron chi connectivity index (χ3n) is 2.71. The van der Waals surface area contributed by atoms with E-state index < -0.39 is 0 Å². The largest absolute Gasteiger partial charge is 0.486 e. The van der Waals surface area contributed by atoms with Gasteiger partial charge in [-0.15, -0.1) is 10.2 Å². The van der Waals surface area contributed by atoms with Crippen LogP contribution >= 0.6 is 34.5 Å². The predicted octanol–water partition coefficient (Wildman–Crippen LogP) is 4.86. The first-order chi connectivity index (χ1) is 8.97. The van der Waals surface area contributed by atoms with Gasteiger partial charge in [0.05, 0.1) is 0 Å². The van der Waals surface area contributed by atoms with Gasteiger partial charge in [0.15, 0.2) is 5.01 Å². The van der Waals surface area contributed by atoms with Gasteiger partial charge < -0.3 is 4.74 Å². The van der Waals surface area contributed by atoms with E-state index in [1.165, 1.54) is 11.3 Å². The summed E-state index contributed by atoms with van der Waals surface area (Å²) >= 11 is 13.3. The van der Waals surface area contributed by atoms with Crippen LogP contribution < -0.4 is 4.74 Å². The Kier molecular flexibility index (Phi) is 4.66. The minimum Gasteiger partial charge on any atom is -0.486 e. The summed E-state index contributed by atoms with van der Waals surface area (Å²) in [6, 6.07) is 3.92. The van der Waals surface area contributed by atoms with Crippen LogP contribution in [0.25, 0.3) is 0 Å². The zero-order valence-corrected chi connectivity index (χ0v) is 13.2. The molecule has 0 fully saturated rings. The molecule has 19 heavy (non-hydrogen) atoms. The van der Waals surface area contributed by atoms with Gasteiger partial charge in [-0.05, 0) is 47.7 Å². The molecule has 0 radical (unpaired) electrons. The number of benzene rings is 1. The highest BCUT2D eigenvalue weighted by Gasteiger charge is 2.11. The Balaban J connectivity index is 2.17. The van der Waals surface area contributed by atoms with Crippen LogP contribution in [0.3, 0.4) is 0 Å². The number of aryl methyl sites for hydroxylation is 1. The van der Waals surface area contributed by atoms with Gasteiger partial charge in [-0.3, -0.25) is 0 Å². The van der Waals surface area contributed by atoms with E-state index in [9.17, 15) is 0 Å². The van der Waals surface area contributed by atoms with Gasteiger partial charge in [-0.1, -0.05) is 36.8 Å². The molecule has 0 aliphatic heterocycles. The first-order valence-corrected chi connectivity index (χ1v) is 7.45. The van der Waals surface area contributed by atoms with Gasteiger partial charge in [0, 0.05) is 5.02 Å². The van der Waals surface area contributed by atoms with Gasteiger partial charge >= 0.3 is 0 Å². The van der Waals surface area contributed by atoms with Crippen molar-refractivity contribution >= 4 is 34.5 Å². The average molecular weight is 317 g/mol. The molecule has 0 N–H and O–H groups in total. The van der Waals surface area contributed by atoms with Crippen molar-refractivity contribution in [2.45, 2.75) is 33.3 Å². The minimum atomic E-state index is 0.353. The maximum Gasteiger partial charge on any atom is 0.207 e. The molecule has 2 aromatic rings. The number of rotatable bonds is 4. The molecule has 0 amide bonds. The molecule has 1 aromatic carbocycles. The molecular weight excluding hydrogens is 303 g/mol. The fourth-order valence-electron chi connectivity index (χ4n) is 1.70. The van der Waals surface area contributed by atoms with E-state index >= 15 is 0 Å². The minimum absolute atomic E-state index is 0.353. The van der Waals surface area contributed by atoms with Crippen molar-refractivity contribution < 1.29 is 4.74 Å². The molecule has 1 heterocycles. The summed E-state index contributed by atoms with van der Waals surface area (Å²) in [7, 11) is 0. The first-order valence-electron chi connectivity index (χ1n) is 5.88. The smallest absolute Gasteiger partial charge is 0.207 e. The van der Waals surface area contributed by atoms with Gasteiger partial charge in [0.2, 0.25) is 4.47 Å². The summed E-state index contributed by atoms with van der Waals surface area (Å²) in [5, 5.41) is 9.20. The summed E-state index contributed by atoms with van der Waals surface area (Å²) in [6.07, 6.45) is 0. The summed E-state index contributed by atoms with van der Waals surface area (Å²) in [5.41, 5.74) is 2.09. The Labute approximate surface area is 126 Å². The maximum absolute atomic E-state index is 6.22. The van der Waals surface area contributed by atoms with Gasteiger partial charge in [-0.2, -0.15) is 0 Å². The van der Waals surface area contributed by atoms with Gasteiger partial charge in [0.25, 0.3) is 0 Å². The third-order valence-corrected chi connectivity index (χ3v) is 4.03. The first kappa shape index (κ1) is 14.6. The van der Waals surface area contributed by atoms with E-state index in [4.69, 9.17) is 27.9 Å². The highest BCUT2D eigenvalue weighted by molar-refractivity contribution is 7.15. The number of ether oxygens (including phenoxy) is 1. The summed E-state index contributed by atoms with van der Waals surface area (Å²) in [6.45, 7) is 6.54. The standard InChI is InChI=1S/C13H14Cl2N2OS/c1-7(2)9-5-11(8(3)4-10(9)14)18-6-12-16-17-13(15)19-12/h4-5,7H,6H2,1-3H3. The molecule has 0 aliphatic rings. The lowest BCUT2D eigenvalue weighted by molar-refractivity contribution is 0.302. The van der Waals surface area contributed by atoms with Crippen molar-refractivity contribution in [2.24, 2.45) is 0 Å². The predicted molar refractivity (Wildman–Crippen MR) is 79.5 cm³/mol. The number of hydrogen-bond donors (Lipinski definition) is 0. The van der Waals surface area contributed by atoms with Crippen LogP contribution in [-0.4, -0.2) is 10.2 Å². The lowest BCUT2D eigenvalue weighted by Gasteiger charge is -2.14. The zero-order chi connectivity index (χ0) is 14.0. The van der Waals surface area contributed by atoms with Gasteiger partial charge in [0.1, 0.15) is 12.4 Å². The van der Waals surface area contributed by atoms with Crippen molar-refractivity contribution in [2.75, 3.05) is 0 Å². The second-order valence-electron chi connectivity index (χ2n) is 4.53. The second-order valence-corrected chi connectivity index (χ2v) is 6.58. The fourth-order valence-corrected chi connectivity index (χ4v) is 2.91. The molecule has 3 nitrogen and oxygen atoms in total. The Morgan fingerprint density at radius 3 is 2.58 bits per heavy atom. The van der Waals surface area contributed by atoms with Crippen LogP contribution in [-0.2, 0) is 6.61 Å². The fraction of sp³-hybridized carbons (Fsp3) is 0.385. The highest BCUT2D eigenvalue weighted by Crippen LogP contribution is 2.32. The van der Waals surface area contributed by atoms with E-state index in [1.807, 2.05) is 19.1 Å². The van der Waals surface area contributed by atoms with Crippen molar-refractivity contribution in [1.29, 1.82) is 0 Å². The molecule has 0 spiro atoms. The van der Waals surface area contributed by atoms with Crippen LogP contribution in [0.5, 0.6) is 5.75 Å². The van der Waals surface area contributed by atoms with Crippen LogP contribution in [0, 0.1) is 6.92 Å². The molecule has 1 aromatic heterocycles. The number of nitrogens with zero attached hydrogens (tertiary/aromatic N) is 2. The molecule has 6 heteroatoms. The third kappa shape index (κ3) is 3.59. The molecule has 0 saturated carbocycles. The van der Waals surface area contributed by atoms with Crippen molar-refractivity contribution in [1.82, 2.24) is 10.2 Å². The number of hydrogen-bond acceptors (Lipinski definition) is 4. The summed E-state index contributed by atoms with van der Waals surface area (Å²) in [4.78, 5) is 0. The Morgan fingerprint density at radius 2 is 2.00 bits per heavy atom. The zero-order valence-electron chi connectivity index (χ0n) is 10.9. The van der Waals surface area contributed by atoms with Crippen molar-refractivity contribution in [3.05, 3.63) is 37.8 Å². The average Bonchev–Trinajstić information content (AvgIpc) is 2.73.